The molecule has 0 spiro atoms. The summed E-state index contributed by atoms with van der Waals surface area (Å²) >= 11 is 0. The molecule has 2 aliphatic heterocycles. The number of aromatic hydroxyl groups is 1. The molecule has 23 heavy (non-hydrogen) atoms. The summed E-state index contributed by atoms with van der Waals surface area (Å²) in [6, 6.07) is 3.20. The van der Waals surface area contributed by atoms with Crippen molar-refractivity contribution in [1.82, 2.24) is 14.5 Å². The summed E-state index contributed by atoms with van der Waals surface area (Å²) in [6.07, 6.45) is 1.86. The molecule has 0 aromatic carbocycles. The van der Waals surface area contributed by atoms with Gasteiger partial charge < -0.3 is 20.3 Å². The number of piperidine rings is 1. The molecule has 1 fully saturated rings. The minimum atomic E-state index is -0.701. The highest BCUT2D eigenvalue weighted by Crippen LogP contribution is 2.37. The van der Waals surface area contributed by atoms with Crippen LogP contribution in [0.5, 0.6) is 5.88 Å². The number of nitrogens with two attached hydrogens (primary N) is 1. The summed E-state index contributed by atoms with van der Waals surface area (Å²) in [5, 5.41) is 9.78. The molecule has 0 saturated carbocycles. The van der Waals surface area contributed by atoms with Gasteiger partial charge in [-0.3, -0.25) is 4.79 Å². The summed E-state index contributed by atoms with van der Waals surface area (Å²) in [7, 11) is 0. The highest BCUT2D eigenvalue weighted by Gasteiger charge is 2.33. The van der Waals surface area contributed by atoms with Crippen molar-refractivity contribution in [3.63, 3.8) is 0 Å². The van der Waals surface area contributed by atoms with Crippen LogP contribution < -0.4 is 11.3 Å². The Balaban J connectivity index is 1.74. The molecule has 1 atom stereocenters. The lowest BCUT2D eigenvalue weighted by Gasteiger charge is -2.32. The zero-order valence-electron chi connectivity index (χ0n) is 12.7. The summed E-state index contributed by atoms with van der Waals surface area (Å²) in [5.74, 6) is -1.45. The van der Waals surface area contributed by atoms with Crippen LogP contribution >= 0.6 is 0 Å². The molecule has 6 nitrogen and oxygen atoms in total. The molecule has 0 aliphatic carbocycles. The van der Waals surface area contributed by atoms with Crippen LogP contribution in [0, 0.1) is 5.82 Å². The Hall–Kier alpha value is -1.99. The number of hydrogen-bond donors (Lipinski definition) is 2. The average Bonchev–Trinajstić information content (AvgIpc) is 2.91. The second-order valence-corrected chi connectivity index (χ2v) is 6.51. The maximum Gasteiger partial charge on any atom is 0.251 e. The second kappa shape index (κ2) is 5.28. The maximum absolute atomic E-state index is 14.5. The minimum absolute atomic E-state index is 0.157. The smallest absolute Gasteiger partial charge is 0.251 e. The van der Waals surface area contributed by atoms with E-state index < -0.39 is 11.7 Å². The summed E-state index contributed by atoms with van der Waals surface area (Å²) in [5.41, 5.74) is 7.16. The largest absolute Gasteiger partial charge is 0.491 e. The van der Waals surface area contributed by atoms with Gasteiger partial charge in [0, 0.05) is 36.7 Å². The van der Waals surface area contributed by atoms with Gasteiger partial charge in [0.15, 0.2) is 5.82 Å². The highest BCUT2D eigenvalue weighted by atomic mass is 19.1. The highest BCUT2D eigenvalue weighted by molar-refractivity contribution is 5.81. The summed E-state index contributed by atoms with van der Waals surface area (Å²) in [4.78, 5) is 18.2. The van der Waals surface area contributed by atoms with Gasteiger partial charge in [-0.25, -0.2) is 9.37 Å². The van der Waals surface area contributed by atoms with Gasteiger partial charge in [-0.1, -0.05) is 0 Å². The molecule has 122 valence electrons. The fourth-order valence-electron chi connectivity index (χ4n) is 3.79. The molecule has 0 bridgehead atoms. The van der Waals surface area contributed by atoms with Gasteiger partial charge in [-0.05, 0) is 32.0 Å². The number of hydrogen-bond acceptors (Lipinski definition) is 5. The van der Waals surface area contributed by atoms with E-state index in [0.29, 0.717) is 29.7 Å². The molecule has 7 heteroatoms. The first-order valence-electron chi connectivity index (χ1n) is 7.94. The Morgan fingerprint density at radius 1 is 1.35 bits per heavy atom. The molecule has 0 unspecified atom stereocenters. The van der Waals surface area contributed by atoms with Gasteiger partial charge in [0.2, 0.25) is 5.88 Å². The SMILES string of the molecule is NC1CCN(C[C@H]2Cn3c(=O)ccc4nc(O)c(F)c2c43)CC1. The van der Waals surface area contributed by atoms with Crippen molar-refractivity contribution in [2.24, 2.45) is 5.73 Å². The second-order valence-electron chi connectivity index (χ2n) is 6.51. The lowest BCUT2D eigenvalue weighted by Crippen LogP contribution is -2.41. The quantitative estimate of drug-likeness (QED) is 0.854. The van der Waals surface area contributed by atoms with Crippen molar-refractivity contribution in [1.29, 1.82) is 0 Å². The molecule has 3 N–H and O–H groups in total. The molecule has 2 aromatic rings. The zero-order chi connectivity index (χ0) is 16.1. The minimum Gasteiger partial charge on any atom is -0.491 e. The van der Waals surface area contributed by atoms with Crippen molar-refractivity contribution < 1.29 is 9.50 Å². The maximum atomic E-state index is 14.5. The summed E-state index contributed by atoms with van der Waals surface area (Å²) < 4.78 is 16.1. The van der Waals surface area contributed by atoms with Crippen molar-refractivity contribution in [3.8, 4) is 5.88 Å². The van der Waals surface area contributed by atoms with Crippen LogP contribution in [-0.2, 0) is 6.54 Å². The van der Waals surface area contributed by atoms with Crippen LogP contribution in [0.1, 0.15) is 24.3 Å². The van der Waals surface area contributed by atoms with Crippen LogP contribution in [-0.4, -0.2) is 45.2 Å². The lowest BCUT2D eigenvalue weighted by molar-refractivity contribution is 0.198. The monoisotopic (exact) mass is 318 g/mol. The predicted molar refractivity (Wildman–Crippen MR) is 84.0 cm³/mol. The Bertz CT molecular complexity index is 827. The Morgan fingerprint density at radius 2 is 2.09 bits per heavy atom. The van der Waals surface area contributed by atoms with Crippen LogP contribution in [0.15, 0.2) is 16.9 Å². The first-order chi connectivity index (χ1) is 11.0. The lowest BCUT2D eigenvalue weighted by atomic mass is 9.98. The Morgan fingerprint density at radius 3 is 2.83 bits per heavy atom. The molecule has 2 aliphatic rings. The van der Waals surface area contributed by atoms with Crippen molar-refractivity contribution >= 4 is 11.0 Å². The van der Waals surface area contributed by atoms with Gasteiger partial charge in [-0.2, -0.15) is 0 Å². The van der Waals surface area contributed by atoms with E-state index >= 15 is 0 Å². The predicted octanol–water partition coefficient (Wildman–Crippen LogP) is 0.761. The number of likely N-dealkylation sites (tertiary alicyclic amines) is 1. The standard InChI is InChI=1S/C16H19FN4O2/c17-14-13-9(7-20-5-3-10(18)4-6-20)8-21-12(22)2-1-11(15(13)21)19-16(14)23/h1-2,9-10H,3-8,18H2,(H,19,23)/t9-/m0/s1. The van der Waals surface area contributed by atoms with Gasteiger partial charge in [-0.15, -0.1) is 0 Å². The van der Waals surface area contributed by atoms with E-state index in [1.807, 2.05) is 0 Å². The van der Waals surface area contributed by atoms with E-state index in [4.69, 9.17) is 5.73 Å². The van der Waals surface area contributed by atoms with E-state index in [1.54, 1.807) is 10.6 Å². The molecular formula is C16H19FN4O2. The number of aromatic nitrogens is 2. The molecular weight excluding hydrogens is 299 g/mol. The third-order valence-corrected chi connectivity index (χ3v) is 5.00. The number of pyridine rings is 2. The molecule has 4 rings (SSSR count). The normalized spacial score (nSPS) is 22.1. The number of halogens is 1. The first-order valence-corrected chi connectivity index (χ1v) is 7.94. The van der Waals surface area contributed by atoms with Crippen molar-refractivity contribution in [2.45, 2.75) is 31.3 Å². The molecule has 0 amide bonds. The third kappa shape index (κ3) is 2.31. The van der Waals surface area contributed by atoms with E-state index in [9.17, 15) is 14.3 Å². The topological polar surface area (TPSA) is 84.4 Å². The van der Waals surface area contributed by atoms with Crippen molar-refractivity contribution in [2.75, 3.05) is 19.6 Å². The molecule has 4 heterocycles. The van der Waals surface area contributed by atoms with Gasteiger partial charge in [0.05, 0.1) is 11.0 Å². The van der Waals surface area contributed by atoms with Crippen LogP contribution in [0.2, 0.25) is 0 Å². The fourth-order valence-corrected chi connectivity index (χ4v) is 3.79. The third-order valence-electron chi connectivity index (χ3n) is 5.00. The number of rotatable bonds is 2. The van der Waals surface area contributed by atoms with Crippen LogP contribution in [0.4, 0.5) is 4.39 Å². The summed E-state index contributed by atoms with van der Waals surface area (Å²) in [6.45, 7) is 2.84. The van der Waals surface area contributed by atoms with Gasteiger partial charge >= 0.3 is 0 Å². The molecule has 2 aromatic heterocycles. The Labute approximate surface area is 132 Å². The van der Waals surface area contributed by atoms with E-state index in [1.165, 1.54) is 6.07 Å². The fraction of sp³-hybridized carbons (Fsp3) is 0.500. The molecule has 1 saturated heterocycles. The molecule has 0 radical (unpaired) electrons. The van der Waals surface area contributed by atoms with Crippen molar-refractivity contribution in [3.05, 3.63) is 33.9 Å². The zero-order valence-corrected chi connectivity index (χ0v) is 12.7. The van der Waals surface area contributed by atoms with E-state index in [-0.39, 0.29) is 17.5 Å². The van der Waals surface area contributed by atoms with Crippen LogP contribution in [0.25, 0.3) is 11.0 Å². The van der Waals surface area contributed by atoms with E-state index in [2.05, 4.69) is 9.88 Å². The average molecular weight is 318 g/mol. The number of nitrogens with zero attached hydrogens (tertiary/aromatic N) is 3. The van der Waals surface area contributed by atoms with E-state index in [0.717, 1.165) is 25.9 Å². The first kappa shape index (κ1) is 14.6. The van der Waals surface area contributed by atoms with Gasteiger partial charge in [0.25, 0.3) is 5.56 Å². The Kier molecular flexibility index (Phi) is 3.35. The van der Waals surface area contributed by atoms with Gasteiger partial charge in [0.1, 0.15) is 0 Å². The van der Waals surface area contributed by atoms with Crippen LogP contribution in [0.3, 0.4) is 0 Å².